The Morgan fingerprint density at radius 1 is 1.62 bits per heavy atom. The third-order valence-electron chi connectivity index (χ3n) is 2.54. The number of terminal acetylenes is 1. The number of halogens is 1. The SMILES string of the molecule is C#CCC(C)NCc1c(Cl)c(CC)nn1C. The zero-order valence-electron chi connectivity index (χ0n) is 10.0. The van der Waals surface area contributed by atoms with Crippen molar-refractivity contribution < 1.29 is 0 Å². The zero-order valence-corrected chi connectivity index (χ0v) is 10.8. The van der Waals surface area contributed by atoms with Crippen LogP contribution in [0.2, 0.25) is 5.02 Å². The Labute approximate surface area is 102 Å². The van der Waals surface area contributed by atoms with Gasteiger partial charge in [0.25, 0.3) is 0 Å². The summed E-state index contributed by atoms with van der Waals surface area (Å²) in [4.78, 5) is 0. The number of aromatic nitrogens is 2. The Hall–Kier alpha value is -0.980. The third-order valence-corrected chi connectivity index (χ3v) is 2.98. The van der Waals surface area contributed by atoms with Crippen LogP contribution in [0.15, 0.2) is 0 Å². The quantitative estimate of drug-likeness (QED) is 0.798. The first-order chi connectivity index (χ1) is 7.60. The van der Waals surface area contributed by atoms with Crippen molar-refractivity contribution in [2.24, 2.45) is 7.05 Å². The molecule has 0 aliphatic heterocycles. The molecule has 1 N–H and O–H groups in total. The number of nitrogens with zero attached hydrogens (tertiary/aromatic N) is 2. The van der Waals surface area contributed by atoms with E-state index >= 15 is 0 Å². The molecule has 0 aliphatic carbocycles. The van der Waals surface area contributed by atoms with Crippen LogP contribution < -0.4 is 5.32 Å². The Morgan fingerprint density at radius 2 is 2.31 bits per heavy atom. The van der Waals surface area contributed by atoms with Crippen molar-refractivity contribution in [3.05, 3.63) is 16.4 Å². The van der Waals surface area contributed by atoms with E-state index in [1.165, 1.54) is 0 Å². The molecule has 1 rings (SSSR count). The summed E-state index contributed by atoms with van der Waals surface area (Å²) in [5, 5.41) is 8.46. The van der Waals surface area contributed by atoms with Crippen molar-refractivity contribution in [3.63, 3.8) is 0 Å². The topological polar surface area (TPSA) is 29.9 Å². The molecule has 0 radical (unpaired) electrons. The van der Waals surface area contributed by atoms with Gasteiger partial charge in [-0.2, -0.15) is 5.10 Å². The second-order valence-corrected chi connectivity index (χ2v) is 4.25. The normalized spacial score (nSPS) is 12.4. The third kappa shape index (κ3) is 3.01. The van der Waals surface area contributed by atoms with Gasteiger partial charge in [-0.1, -0.05) is 18.5 Å². The maximum atomic E-state index is 6.23. The molecule has 0 saturated carbocycles. The molecule has 1 heterocycles. The summed E-state index contributed by atoms with van der Waals surface area (Å²) in [6.45, 7) is 4.81. The lowest BCUT2D eigenvalue weighted by atomic mass is 10.2. The minimum absolute atomic E-state index is 0.293. The number of hydrogen-bond donors (Lipinski definition) is 1. The molecule has 1 aromatic rings. The summed E-state index contributed by atoms with van der Waals surface area (Å²) in [6.07, 6.45) is 6.82. The van der Waals surface area contributed by atoms with E-state index in [1.54, 1.807) is 0 Å². The smallest absolute Gasteiger partial charge is 0.0863 e. The number of nitrogens with one attached hydrogen (secondary N) is 1. The van der Waals surface area contributed by atoms with Crippen LogP contribution in [0.5, 0.6) is 0 Å². The average Bonchev–Trinajstić information content (AvgIpc) is 2.52. The molecule has 1 unspecified atom stereocenters. The molecule has 16 heavy (non-hydrogen) atoms. The highest BCUT2D eigenvalue weighted by atomic mass is 35.5. The summed E-state index contributed by atoms with van der Waals surface area (Å²) in [5.41, 5.74) is 1.97. The van der Waals surface area contributed by atoms with E-state index in [0.29, 0.717) is 12.6 Å². The van der Waals surface area contributed by atoms with E-state index in [0.717, 1.165) is 29.3 Å². The molecule has 88 valence electrons. The molecule has 0 fully saturated rings. The van der Waals surface area contributed by atoms with Crippen LogP contribution in [-0.2, 0) is 20.0 Å². The van der Waals surface area contributed by atoms with E-state index in [-0.39, 0.29) is 0 Å². The van der Waals surface area contributed by atoms with E-state index in [9.17, 15) is 0 Å². The van der Waals surface area contributed by atoms with Crippen molar-refractivity contribution in [1.29, 1.82) is 0 Å². The Kier molecular flexibility index (Phi) is 4.85. The van der Waals surface area contributed by atoms with Crippen LogP contribution in [0, 0.1) is 12.3 Å². The summed E-state index contributed by atoms with van der Waals surface area (Å²) >= 11 is 6.23. The molecular weight excluding hydrogens is 222 g/mol. The number of hydrogen-bond acceptors (Lipinski definition) is 2. The van der Waals surface area contributed by atoms with Crippen LogP contribution in [0.25, 0.3) is 0 Å². The molecule has 0 aliphatic rings. The van der Waals surface area contributed by atoms with Gasteiger partial charge in [0.2, 0.25) is 0 Å². The van der Waals surface area contributed by atoms with E-state index < -0.39 is 0 Å². The molecule has 3 nitrogen and oxygen atoms in total. The van der Waals surface area contributed by atoms with Gasteiger partial charge in [-0.05, 0) is 13.3 Å². The highest BCUT2D eigenvalue weighted by molar-refractivity contribution is 6.31. The lowest BCUT2D eigenvalue weighted by Gasteiger charge is -2.10. The lowest BCUT2D eigenvalue weighted by molar-refractivity contribution is 0.537. The van der Waals surface area contributed by atoms with E-state index in [2.05, 4.69) is 23.3 Å². The predicted octanol–water partition coefficient (Wildman–Crippen LogP) is 2.14. The second kappa shape index (κ2) is 5.93. The van der Waals surface area contributed by atoms with Crippen molar-refractivity contribution in [2.75, 3.05) is 0 Å². The highest BCUT2D eigenvalue weighted by Crippen LogP contribution is 2.20. The van der Waals surface area contributed by atoms with Gasteiger partial charge in [0.1, 0.15) is 0 Å². The van der Waals surface area contributed by atoms with Gasteiger partial charge < -0.3 is 5.32 Å². The van der Waals surface area contributed by atoms with Crippen LogP contribution >= 0.6 is 11.6 Å². The predicted molar refractivity (Wildman–Crippen MR) is 67.3 cm³/mol. The van der Waals surface area contributed by atoms with Crippen molar-refractivity contribution >= 4 is 11.6 Å². The fourth-order valence-corrected chi connectivity index (χ4v) is 1.89. The van der Waals surface area contributed by atoms with Gasteiger partial charge >= 0.3 is 0 Å². The molecule has 0 bridgehead atoms. The van der Waals surface area contributed by atoms with Gasteiger partial charge in [-0.25, -0.2) is 0 Å². The number of rotatable bonds is 5. The minimum Gasteiger partial charge on any atom is -0.308 e. The van der Waals surface area contributed by atoms with Gasteiger partial charge in [0.15, 0.2) is 0 Å². The van der Waals surface area contributed by atoms with Gasteiger partial charge in [-0.15, -0.1) is 12.3 Å². The van der Waals surface area contributed by atoms with Gasteiger partial charge in [-0.3, -0.25) is 4.68 Å². The molecule has 0 saturated heterocycles. The first kappa shape index (κ1) is 13.1. The molecule has 4 heteroatoms. The average molecular weight is 240 g/mol. The molecule has 1 aromatic heterocycles. The van der Waals surface area contributed by atoms with Crippen molar-refractivity contribution in [2.45, 2.75) is 39.3 Å². The van der Waals surface area contributed by atoms with E-state index in [4.69, 9.17) is 18.0 Å². The Morgan fingerprint density at radius 3 is 2.81 bits per heavy atom. The standard InChI is InChI=1S/C12H18ClN3/c1-5-7-9(3)14-8-11-12(13)10(6-2)15-16(11)4/h1,9,14H,6-8H2,2-4H3. The van der Waals surface area contributed by atoms with Crippen molar-refractivity contribution in [3.8, 4) is 12.3 Å². The summed E-state index contributed by atoms with van der Waals surface area (Å²) < 4.78 is 1.83. The summed E-state index contributed by atoms with van der Waals surface area (Å²) in [6, 6.07) is 0.293. The number of aryl methyl sites for hydroxylation is 2. The largest absolute Gasteiger partial charge is 0.308 e. The van der Waals surface area contributed by atoms with E-state index in [1.807, 2.05) is 18.7 Å². The Balaban J connectivity index is 2.67. The minimum atomic E-state index is 0.293. The van der Waals surface area contributed by atoms with Crippen molar-refractivity contribution in [1.82, 2.24) is 15.1 Å². The van der Waals surface area contributed by atoms with Crippen LogP contribution in [0.3, 0.4) is 0 Å². The molecule has 1 atom stereocenters. The Bertz CT molecular complexity index is 390. The maximum absolute atomic E-state index is 6.23. The van der Waals surface area contributed by atoms with Gasteiger partial charge in [0.05, 0.1) is 16.4 Å². The molecule has 0 aromatic carbocycles. The lowest BCUT2D eigenvalue weighted by Crippen LogP contribution is -2.26. The fraction of sp³-hybridized carbons (Fsp3) is 0.583. The first-order valence-corrected chi connectivity index (χ1v) is 5.85. The van der Waals surface area contributed by atoms with Gasteiger partial charge in [0, 0.05) is 26.1 Å². The van der Waals surface area contributed by atoms with Crippen LogP contribution in [0.1, 0.15) is 31.7 Å². The first-order valence-electron chi connectivity index (χ1n) is 5.47. The second-order valence-electron chi connectivity index (χ2n) is 3.87. The molecule has 0 spiro atoms. The summed E-state index contributed by atoms with van der Waals surface area (Å²) in [7, 11) is 1.91. The fourth-order valence-electron chi connectivity index (χ4n) is 1.53. The van der Waals surface area contributed by atoms with Crippen LogP contribution in [0.4, 0.5) is 0 Å². The zero-order chi connectivity index (χ0) is 12.1. The van der Waals surface area contributed by atoms with Crippen LogP contribution in [-0.4, -0.2) is 15.8 Å². The highest BCUT2D eigenvalue weighted by Gasteiger charge is 2.13. The molecule has 0 amide bonds. The molecular formula is C12H18ClN3. The summed E-state index contributed by atoms with van der Waals surface area (Å²) in [5.74, 6) is 2.63. The maximum Gasteiger partial charge on any atom is 0.0863 e. The monoisotopic (exact) mass is 239 g/mol.